The quantitative estimate of drug-likeness (QED) is 0.606. The average molecular weight is 413 g/mol. The smallest absolute Gasteiger partial charge is 0.338 e. The fourth-order valence-electron chi connectivity index (χ4n) is 2.36. The van der Waals surface area contributed by atoms with E-state index in [0.29, 0.717) is 26.2 Å². The number of benzene rings is 1. The fourth-order valence-corrected chi connectivity index (χ4v) is 3.77. The Labute approximate surface area is 163 Å². The van der Waals surface area contributed by atoms with Gasteiger partial charge in [0.05, 0.1) is 23.7 Å². The van der Waals surface area contributed by atoms with E-state index in [-0.39, 0.29) is 23.5 Å². The summed E-state index contributed by atoms with van der Waals surface area (Å²) in [5.41, 5.74) is 0.0872. The second-order valence-corrected chi connectivity index (χ2v) is 7.86. The van der Waals surface area contributed by atoms with Crippen molar-refractivity contribution in [1.29, 1.82) is 0 Å². The van der Waals surface area contributed by atoms with Gasteiger partial charge in [-0.1, -0.05) is 6.92 Å². The first-order valence-electron chi connectivity index (χ1n) is 8.77. The zero-order valence-electron chi connectivity index (χ0n) is 15.5. The van der Waals surface area contributed by atoms with E-state index in [2.05, 4.69) is 5.32 Å². The van der Waals surface area contributed by atoms with Crippen molar-refractivity contribution in [3.05, 3.63) is 29.8 Å². The van der Waals surface area contributed by atoms with E-state index >= 15 is 0 Å². The molecule has 1 fully saturated rings. The molecular formula is C17H23N3O7S. The second kappa shape index (κ2) is 10.2. The van der Waals surface area contributed by atoms with E-state index in [4.69, 9.17) is 9.47 Å². The Hall–Kier alpha value is -2.50. The minimum Gasteiger partial charge on any atom is -0.452 e. The molecule has 1 saturated heterocycles. The van der Waals surface area contributed by atoms with Gasteiger partial charge in [-0.05, 0) is 30.7 Å². The number of hydrogen-bond donors (Lipinski definition) is 2. The van der Waals surface area contributed by atoms with Gasteiger partial charge in [-0.15, -0.1) is 0 Å². The number of nitrogens with zero attached hydrogens (tertiary/aromatic N) is 1. The van der Waals surface area contributed by atoms with Crippen molar-refractivity contribution < 1.29 is 32.3 Å². The number of rotatable bonds is 7. The molecule has 1 heterocycles. The van der Waals surface area contributed by atoms with Crippen molar-refractivity contribution >= 4 is 27.9 Å². The maximum atomic E-state index is 12.5. The van der Waals surface area contributed by atoms with Gasteiger partial charge in [0.2, 0.25) is 10.0 Å². The molecule has 0 saturated carbocycles. The molecule has 0 spiro atoms. The highest BCUT2D eigenvalue weighted by molar-refractivity contribution is 7.89. The van der Waals surface area contributed by atoms with Crippen molar-refractivity contribution in [2.75, 3.05) is 39.5 Å². The second-order valence-electron chi connectivity index (χ2n) is 5.92. The van der Waals surface area contributed by atoms with E-state index < -0.39 is 34.5 Å². The highest BCUT2D eigenvalue weighted by atomic mass is 32.2. The third-order valence-corrected chi connectivity index (χ3v) is 5.73. The summed E-state index contributed by atoms with van der Waals surface area (Å²) < 4.78 is 36.3. The van der Waals surface area contributed by atoms with Gasteiger partial charge in [-0.25, -0.2) is 18.0 Å². The van der Waals surface area contributed by atoms with Crippen LogP contribution in [0.5, 0.6) is 0 Å². The standard InChI is InChI=1S/C17H23N3O7S/c1-2-7-18-17(23)19-15(21)12-27-16(22)13-3-5-14(6-4-13)28(24,25)20-8-10-26-11-9-20/h3-6H,2,7-12H2,1H3,(H2,18,19,21,23). The van der Waals surface area contributed by atoms with Gasteiger partial charge in [0.1, 0.15) is 0 Å². The zero-order chi connectivity index (χ0) is 20.6. The lowest BCUT2D eigenvalue weighted by atomic mass is 10.2. The first kappa shape index (κ1) is 21.8. The Kier molecular flexibility index (Phi) is 7.91. The molecule has 2 rings (SSSR count). The van der Waals surface area contributed by atoms with E-state index in [1.807, 2.05) is 12.2 Å². The molecular weight excluding hydrogens is 390 g/mol. The molecule has 0 aromatic heterocycles. The van der Waals surface area contributed by atoms with Gasteiger partial charge in [-0.3, -0.25) is 10.1 Å². The molecule has 0 atom stereocenters. The number of carbonyl (C=O) groups is 3. The number of amides is 3. The number of ether oxygens (including phenoxy) is 2. The predicted octanol–water partition coefficient (Wildman–Crippen LogP) is 0.100. The Bertz CT molecular complexity index is 803. The van der Waals surface area contributed by atoms with Gasteiger partial charge >= 0.3 is 12.0 Å². The zero-order valence-corrected chi connectivity index (χ0v) is 16.3. The van der Waals surface area contributed by atoms with Crippen LogP contribution >= 0.6 is 0 Å². The molecule has 1 aliphatic rings. The first-order chi connectivity index (χ1) is 13.3. The van der Waals surface area contributed by atoms with Crippen LogP contribution in [-0.4, -0.2) is 70.1 Å². The van der Waals surface area contributed by atoms with Crippen molar-refractivity contribution in [3.63, 3.8) is 0 Å². The van der Waals surface area contributed by atoms with Gasteiger partial charge < -0.3 is 14.8 Å². The van der Waals surface area contributed by atoms with Crippen LogP contribution < -0.4 is 10.6 Å². The third kappa shape index (κ3) is 6.01. The van der Waals surface area contributed by atoms with Gasteiger partial charge in [0.15, 0.2) is 6.61 Å². The number of urea groups is 1. The largest absolute Gasteiger partial charge is 0.452 e. The summed E-state index contributed by atoms with van der Waals surface area (Å²) in [7, 11) is -3.66. The first-order valence-corrected chi connectivity index (χ1v) is 10.2. The lowest BCUT2D eigenvalue weighted by Crippen LogP contribution is -2.41. The molecule has 28 heavy (non-hydrogen) atoms. The van der Waals surface area contributed by atoms with Gasteiger partial charge in [-0.2, -0.15) is 4.31 Å². The van der Waals surface area contributed by atoms with E-state index in [9.17, 15) is 22.8 Å². The molecule has 154 valence electrons. The Morgan fingerprint density at radius 3 is 2.39 bits per heavy atom. The molecule has 10 nitrogen and oxygen atoms in total. The molecule has 3 amide bonds. The van der Waals surface area contributed by atoms with Crippen LogP contribution in [0.1, 0.15) is 23.7 Å². The number of morpholine rings is 1. The molecule has 2 N–H and O–H groups in total. The van der Waals surface area contributed by atoms with Gasteiger partial charge in [0, 0.05) is 19.6 Å². The summed E-state index contributed by atoms with van der Waals surface area (Å²) in [6.45, 7) is 2.86. The molecule has 0 bridgehead atoms. The van der Waals surface area contributed by atoms with Crippen molar-refractivity contribution in [3.8, 4) is 0 Å². The van der Waals surface area contributed by atoms with Crippen LogP contribution in [0.2, 0.25) is 0 Å². The molecule has 1 aromatic rings. The monoisotopic (exact) mass is 413 g/mol. The predicted molar refractivity (Wildman–Crippen MR) is 98.1 cm³/mol. The molecule has 11 heteroatoms. The maximum absolute atomic E-state index is 12.5. The van der Waals surface area contributed by atoms with E-state index in [1.165, 1.54) is 28.6 Å². The topological polar surface area (TPSA) is 131 Å². The van der Waals surface area contributed by atoms with Crippen LogP contribution in [0.25, 0.3) is 0 Å². The number of nitrogens with one attached hydrogen (secondary N) is 2. The SMILES string of the molecule is CCCNC(=O)NC(=O)COC(=O)c1ccc(S(=O)(=O)N2CCOCC2)cc1. The summed E-state index contributed by atoms with van der Waals surface area (Å²) in [6, 6.07) is 4.56. The lowest BCUT2D eigenvalue weighted by Gasteiger charge is -2.26. The summed E-state index contributed by atoms with van der Waals surface area (Å²) in [4.78, 5) is 34.9. The minimum absolute atomic E-state index is 0.0521. The minimum atomic E-state index is -3.66. The van der Waals surface area contributed by atoms with E-state index in [1.54, 1.807) is 0 Å². The van der Waals surface area contributed by atoms with Crippen molar-refractivity contribution in [2.45, 2.75) is 18.2 Å². The fraction of sp³-hybridized carbons (Fsp3) is 0.471. The van der Waals surface area contributed by atoms with Crippen LogP contribution in [-0.2, 0) is 24.3 Å². The summed E-state index contributed by atoms with van der Waals surface area (Å²) in [6.07, 6.45) is 0.716. The molecule has 0 unspecified atom stereocenters. The van der Waals surface area contributed by atoms with E-state index in [0.717, 1.165) is 0 Å². The van der Waals surface area contributed by atoms with Crippen LogP contribution in [0.3, 0.4) is 0 Å². The Balaban J connectivity index is 1.89. The number of carbonyl (C=O) groups excluding carboxylic acids is 3. The normalized spacial score (nSPS) is 14.9. The number of esters is 1. The Morgan fingerprint density at radius 2 is 1.79 bits per heavy atom. The Morgan fingerprint density at radius 1 is 1.14 bits per heavy atom. The third-order valence-electron chi connectivity index (χ3n) is 3.82. The van der Waals surface area contributed by atoms with Crippen LogP contribution in [0.15, 0.2) is 29.2 Å². The maximum Gasteiger partial charge on any atom is 0.338 e. The molecule has 1 aromatic carbocycles. The summed E-state index contributed by atoms with van der Waals surface area (Å²) in [5, 5.41) is 4.48. The van der Waals surface area contributed by atoms with Crippen molar-refractivity contribution in [1.82, 2.24) is 14.9 Å². The molecule has 0 aliphatic carbocycles. The number of hydrogen-bond acceptors (Lipinski definition) is 7. The van der Waals surface area contributed by atoms with Gasteiger partial charge in [0.25, 0.3) is 5.91 Å². The molecule has 1 aliphatic heterocycles. The highest BCUT2D eigenvalue weighted by Crippen LogP contribution is 2.18. The summed E-state index contributed by atoms with van der Waals surface area (Å²) in [5.74, 6) is -1.58. The number of sulfonamides is 1. The average Bonchev–Trinajstić information content (AvgIpc) is 2.71. The summed E-state index contributed by atoms with van der Waals surface area (Å²) >= 11 is 0. The van der Waals surface area contributed by atoms with Crippen LogP contribution in [0.4, 0.5) is 4.79 Å². The lowest BCUT2D eigenvalue weighted by molar-refractivity contribution is -0.123. The van der Waals surface area contributed by atoms with Crippen LogP contribution in [0, 0.1) is 0 Å². The highest BCUT2D eigenvalue weighted by Gasteiger charge is 2.26. The van der Waals surface area contributed by atoms with Crippen molar-refractivity contribution in [2.24, 2.45) is 0 Å². The molecule has 0 radical (unpaired) electrons. The number of imide groups is 1.